The van der Waals surface area contributed by atoms with Gasteiger partial charge in [-0.3, -0.25) is 4.79 Å². The molecule has 1 heterocycles. The van der Waals surface area contributed by atoms with E-state index in [1.54, 1.807) is 0 Å². The molecule has 7 heteroatoms. The molecule has 2 N–H and O–H groups in total. The molecule has 23 heavy (non-hydrogen) atoms. The lowest BCUT2D eigenvalue weighted by Crippen LogP contribution is -2.38. The van der Waals surface area contributed by atoms with Crippen LogP contribution in [-0.2, 0) is 16.8 Å². The number of aromatic nitrogens is 3. The molecule has 0 radical (unpaired) electrons. The molecule has 0 bridgehead atoms. The average molecular weight is 316 g/mol. The summed E-state index contributed by atoms with van der Waals surface area (Å²) in [7, 11) is 0. The van der Waals surface area contributed by atoms with Crippen molar-refractivity contribution in [1.29, 1.82) is 0 Å². The molecule has 0 aliphatic rings. The number of aryl methyl sites for hydroxylation is 1. The van der Waals surface area contributed by atoms with Gasteiger partial charge in [-0.05, 0) is 18.1 Å². The Morgan fingerprint density at radius 3 is 2.61 bits per heavy atom. The molecule has 2 rings (SSSR count). The van der Waals surface area contributed by atoms with Crippen LogP contribution in [0.4, 0.5) is 0 Å². The summed E-state index contributed by atoms with van der Waals surface area (Å²) in [6, 6.07) is 8.06. The van der Waals surface area contributed by atoms with Crippen molar-refractivity contribution in [3.8, 4) is 0 Å². The Labute approximate surface area is 134 Å². The van der Waals surface area contributed by atoms with E-state index in [2.05, 4.69) is 35.5 Å². The van der Waals surface area contributed by atoms with Gasteiger partial charge < -0.3 is 10.4 Å². The van der Waals surface area contributed by atoms with E-state index < -0.39 is 5.97 Å². The molecule has 0 spiro atoms. The van der Waals surface area contributed by atoms with Gasteiger partial charge in [-0.15, -0.1) is 5.10 Å². The van der Waals surface area contributed by atoms with Crippen LogP contribution >= 0.6 is 0 Å². The number of nitrogens with zero attached hydrogens (tertiary/aromatic N) is 3. The molecular weight excluding hydrogens is 296 g/mol. The van der Waals surface area contributed by atoms with E-state index >= 15 is 0 Å². The van der Waals surface area contributed by atoms with Crippen molar-refractivity contribution in [3.63, 3.8) is 0 Å². The zero-order valence-corrected chi connectivity index (χ0v) is 13.4. The molecule has 1 aromatic carbocycles. The normalized spacial score (nSPS) is 11.3. The maximum absolute atomic E-state index is 12.0. The Morgan fingerprint density at radius 1 is 1.30 bits per heavy atom. The quantitative estimate of drug-likeness (QED) is 0.839. The fourth-order valence-electron chi connectivity index (χ4n) is 2.42. The first-order valence-corrected chi connectivity index (χ1v) is 7.26. The highest BCUT2D eigenvalue weighted by molar-refractivity contribution is 5.84. The third kappa shape index (κ3) is 4.15. The predicted octanol–water partition coefficient (Wildman–Crippen LogP) is 1.38. The van der Waals surface area contributed by atoms with Crippen LogP contribution in [0.3, 0.4) is 0 Å². The van der Waals surface area contributed by atoms with Gasteiger partial charge in [0.25, 0.3) is 0 Å². The number of rotatable bonds is 6. The maximum atomic E-state index is 12.0. The molecule has 0 unspecified atom stereocenters. The maximum Gasteiger partial charge on any atom is 0.358 e. The second-order valence-electron chi connectivity index (χ2n) is 6.08. The van der Waals surface area contributed by atoms with E-state index in [0.29, 0.717) is 6.54 Å². The number of benzene rings is 1. The molecular formula is C16H20N4O3. The fraction of sp³-hybridized carbons (Fsp3) is 0.375. The van der Waals surface area contributed by atoms with Crippen LogP contribution in [0, 0.1) is 6.92 Å². The Morgan fingerprint density at radius 2 is 2.00 bits per heavy atom. The smallest absolute Gasteiger partial charge is 0.358 e. The van der Waals surface area contributed by atoms with Gasteiger partial charge in [0.05, 0.1) is 6.20 Å². The van der Waals surface area contributed by atoms with Crippen molar-refractivity contribution in [3.05, 3.63) is 47.3 Å². The number of carbonyl (C=O) groups excluding carboxylic acids is 1. The largest absolute Gasteiger partial charge is 0.476 e. The predicted molar refractivity (Wildman–Crippen MR) is 84.2 cm³/mol. The first-order chi connectivity index (χ1) is 10.8. The van der Waals surface area contributed by atoms with E-state index in [0.717, 1.165) is 0 Å². The van der Waals surface area contributed by atoms with Gasteiger partial charge in [0.2, 0.25) is 5.91 Å². The molecule has 7 nitrogen and oxygen atoms in total. The summed E-state index contributed by atoms with van der Waals surface area (Å²) in [5.41, 5.74) is 1.96. The van der Waals surface area contributed by atoms with E-state index in [1.807, 2.05) is 25.1 Å². The van der Waals surface area contributed by atoms with Crippen molar-refractivity contribution in [2.45, 2.75) is 32.7 Å². The number of amides is 1. The molecule has 1 amide bonds. The standard InChI is InChI=1S/C16H20N4O3/c1-11-6-4-5-7-12(11)16(2,3)10-17-14(21)9-20-8-13(15(22)23)18-19-20/h4-8H,9-10H2,1-3H3,(H,17,21)(H,22,23). The van der Waals surface area contributed by atoms with Crippen molar-refractivity contribution in [2.75, 3.05) is 6.54 Å². The topological polar surface area (TPSA) is 97.1 Å². The number of carboxylic acids is 1. The van der Waals surface area contributed by atoms with Gasteiger partial charge in [-0.2, -0.15) is 0 Å². The molecule has 1 aromatic heterocycles. The summed E-state index contributed by atoms with van der Waals surface area (Å²) in [6.45, 7) is 6.57. The number of aromatic carboxylic acids is 1. The molecule has 2 aromatic rings. The van der Waals surface area contributed by atoms with E-state index in [9.17, 15) is 9.59 Å². The Balaban J connectivity index is 1.95. The van der Waals surface area contributed by atoms with Crippen LogP contribution in [0.25, 0.3) is 0 Å². The SMILES string of the molecule is Cc1ccccc1C(C)(C)CNC(=O)Cn1cc(C(=O)O)nn1. The lowest BCUT2D eigenvalue weighted by molar-refractivity contribution is -0.122. The van der Waals surface area contributed by atoms with Crippen molar-refractivity contribution < 1.29 is 14.7 Å². The number of carboxylic acid groups (broad SMARTS) is 1. The summed E-state index contributed by atoms with van der Waals surface area (Å²) < 4.78 is 1.21. The number of hydrogen-bond donors (Lipinski definition) is 2. The first kappa shape index (κ1) is 16.7. The highest BCUT2D eigenvalue weighted by atomic mass is 16.4. The highest BCUT2D eigenvalue weighted by Crippen LogP contribution is 2.25. The molecule has 0 saturated carbocycles. The number of nitrogens with one attached hydrogen (secondary N) is 1. The van der Waals surface area contributed by atoms with Gasteiger partial charge in [0, 0.05) is 12.0 Å². The highest BCUT2D eigenvalue weighted by Gasteiger charge is 2.23. The summed E-state index contributed by atoms with van der Waals surface area (Å²) in [4.78, 5) is 22.7. The van der Waals surface area contributed by atoms with Gasteiger partial charge in [0.1, 0.15) is 6.54 Å². The van der Waals surface area contributed by atoms with Crippen LogP contribution < -0.4 is 5.32 Å². The van der Waals surface area contributed by atoms with Gasteiger partial charge in [-0.1, -0.05) is 43.3 Å². The van der Waals surface area contributed by atoms with Crippen LogP contribution in [0.5, 0.6) is 0 Å². The number of hydrogen-bond acceptors (Lipinski definition) is 4. The minimum absolute atomic E-state index is 0.0653. The Hall–Kier alpha value is -2.70. The van der Waals surface area contributed by atoms with Crippen molar-refractivity contribution >= 4 is 11.9 Å². The minimum atomic E-state index is -1.17. The first-order valence-electron chi connectivity index (χ1n) is 7.26. The Kier molecular flexibility index (Phi) is 4.78. The van der Waals surface area contributed by atoms with E-state index in [1.165, 1.54) is 22.0 Å². The second-order valence-corrected chi connectivity index (χ2v) is 6.08. The lowest BCUT2D eigenvalue weighted by Gasteiger charge is -2.27. The van der Waals surface area contributed by atoms with E-state index in [-0.39, 0.29) is 23.6 Å². The summed E-state index contributed by atoms with van der Waals surface area (Å²) in [6.07, 6.45) is 1.23. The molecule has 0 aliphatic carbocycles. The van der Waals surface area contributed by atoms with Crippen molar-refractivity contribution in [1.82, 2.24) is 20.3 Å². The third-order valence-electron chi connectivity index (χ3n) is 3.67. The number of carbonyl (C=O) groups is 2. The summed E-state index contributed by atoms with van der Waals surface area (Å²) in [5, 5.41) is 18.7. The van der Waals surface area contributed by atoms with Gasteiger partial charge in [0.15, 0.2) is 5.69 Å². The van der Waals surface area contributed by atoms with Crippen LogP contribution in [0.1, 0.15) is 35.5 Å². The zero-order valence-electron chi connectivity index (χ0n) is 13.4. The van der Waals surface area contributed by atoms with Crippen LogP contribution in [0.15, 0.2) is 30.5 Å². The van der Waals surface area contributed by atoms with Crippen molar-refractivity contribution in [2.24, 2.45) is 0 Å². The molecule has 122 valence electrons. The molecule has 0 fully saturated rings. The summed E-state index contributed by atoms with van der Waals surface area (Å²) in [5.74, 6) is -1.41. The summed E-state index contributed by atoms with van der Waals surface area (Å²) >= 11 is 0. The van der Waals surface area contributed by atoms with Crippen LogP contribution in [-0.4, -0.2) is 38.5 Å². The Bertz CT molecular complexity index is 722. The fourth-order valence-corrected chi connectivity index (χ4v) is 2.42. The monoisotopic (exact) mass is 316 g/mol. The van der Waals surface area contributed by atoms with E-state index in [4.69, 9.17) is 5.11 Å². The minimum Gasteiger partial charge on any atom is -0.476 e. The average Bonchev–Trinajstić information content (AvgIpc) is 2.94. The van der Waals surface area contributed by atoms with Gasteiger partial charge >= 0.3 is 5.97 Å². The van der Waals surface area contributed by atoms with Crippen LogP contribution in [0.2, 0.25) is 0 Å². The zero-order chi connectivity index (χ0) is 17.0. The lowest BCUT2D eigenvalue weighted by atomic mass is 9.82. The van der Waals surface area contributed by atoms with Gasteiger partial charge in [-0.25, -0.2) is 9.48 Å². The molecule has 0 saturated heterocycles. The third-order valence-corrected chi connectivity index (χ3v) is 3.67. The molecule has 0 atom stereocenters. The molecule has 0 aliphatic heterocycles. The second kappa shape index (κ2) is 6.60.